The van der Waals surface area contributed by atoms with E-state index in [1.165, 1.54) is 34.9 Å². The third-order valence-corrected chi connectivity index (χ3v) is 6.67. The second-order valence-electron chi connectivity index (χ2n) is 6.55. The van der Waals surface area contributed by atoms with E-state index >= 15 is 0 Å². The van der Waals surface area contributed by atoms with Crippen molar-refractivity contribution >= 4 is 44.4 Å². The molecule has 1 amide bonds. The summed E-state index contributed by atoms with van der Waals surface area (Å²) in [6.45, 7) is 6.76. The van der Waals surface area contributed by atoms with Crippen LogP contribution in [0.15, 0.2) is 41.3 Å². The fourth-order valence-corrected chi connectivity index (χ4v) is 4.75. The molecule has 0 aliphatic carbocycles. The number of carbonyl (C=O) groups excluding carboxylic acids is 1. The molecule has 0 aliphatic heterocycles. The predicted molar refractivity (Wildman–Crippen MR) is 117 cm³/mol. The minimum Gasteiger partial charge on any atom is -0.302 e. The van der Waals surface area contributed by atoms with Crippen LogP contribution in [0.3, 0.4) is 0 Å². The first-order valence-corrected chi connectivity index (χ1v) is 11.4. The van der Waals surface area contributed by atoms with Crippen LogP contribution < -0.4 is 4.90 Å². The Labute approximate surface area is 181 Å². The molecule has 3 aromatic rings. The van der Waals surface area contributed by atoms with Gasteiger partial charge in [0.15, 0.2) is 10.9 Å². The van der Waals surface area contributed by atoms with E-state index < -0.39 is 11.6 Å². The lowest BCUT2D eigenvalue weighted by molar-refractivity contribution is -0.116. The summed E-state index contributed by atoms with van der Waals surface area (Å²) >= 11 is 2.38. The van der Waals surface area contributed by atoms with E-state index in [0.717, 1.165) is 35.4 Å². The van der Waals surface area contributed by atoms with Gasteiger partial charge < -0.3 is 4.90 Å². The highest BCUT2D eigenvalue weighted by atomic mass is 32.2. The van der Waals surface area contributed by atoms with Gasteiger partial charge in [0.2, 0.25) is 5.91 Å². The van der Waals surface area contributed by atoms with Crippen LogP contribution in [0.2, 0.25) is 0 Å². The summed E-state index contributed by atoms with van der Waals surface area (Å²) in [5.41, 5.74) is 0.0585. The summed E-state index contributed by atoms with van der Waals surface area (Å²) in [5, 5.41) is 0.339. The Bertz CT molecular complexity index is 1010. The molecule has 0 N–H and O–H groups in total. The average molecular weight is 454 g/mol. The van der Waals surface area contributed by atoms with Crippen LogP contribution in [0, 0.1) is 17.5 Å². The van der Waals surface area contributed by atoms with Crippen LogP contribution >= 0.6 is 23.1 Å². The van der Waals surface area contributed by atoms with E-state index in [1.54, 1.807) is 12.1 Å². The molecule has 4 nitrogen and oxygen atoms in total. The smallest absolute Gasteiger partial charge is 0.239 e. The SMILES string of the molecule is CCN(CC)CCN(C(=O)CSc1ccc(F)cc1)c1nc2c(F)cc(F)cc2s1. The molecule has 0 saturated carbocycles. The molecular formula is C21H22F3N3OS2. The molecule has 0 atom stereocenters. The van der Waals surface area contributed by atoms with Gasteiger partial charge in [0, 0.05) is 24.1 Å². The molecule has 0 radical (unpaired) electrons. The number of hydrogen-bond donors (Lipinski definition) is 0. The lowest BCUT2D eigenvalue weighted by atomic mass is 10.3. The van der Waals surface area contributed by atoms with Gasteiger partial charge in [0.1, 0.15) is 17.2 Å². The van der Waals surface area contributed by atoms with Crippen molar-refractivity contribution in [2.75, 3.05) is 36.8 Å². The van der Waals surface area contributed by atoms with E-state index in [4.69, 9.17) is 0 Å². The number of nitrogens with zero attached hydrogens (tertiary/aromatic N) is 3. The second-order valence-corrected chi connectivity index (χ2v) is 8.60. The molecule has 2 aromatic carbocycles. The molecular weight excluding hydrogens is 431 g/mol. The van der Waals surface area contributed by atoms with Crippen molar-refractivity contribution in [1.29, 1.82) is 0 Å². The molecule has 1 aromatic heterocycles. The van der Waals surface area contributed by atoms with Gasteiger partial charge in [0.05, 0.1) is 10.5 Å². The standard InChI is InChI=1S/C21H22F3N3OS2/c1-3-26(4-2)9-10-27(19(28)13-29-16-7-5-14(22)6-8-16)21-25-20-17(24)11-15(23)12-18(20)30-21/h5-8,11-12H,3-4,9-10,13H2,1-2H3. The average Bonchev–Trinajstić information content (AvgIpc) is 3.14. The monoisotopic (exact) mass is 453 g/mol. The van der Waals surface area contributed by atoms with Crippen molar-refractivity contribution in [3.05, 3.63) is 53.8 Å². The summed E-state index contributed by atoms with van der Waals surface area (Å²) in [7, 11) is 0. The molecule has 0 bridgehead atoms. The van der Waals surface area contributed by atoms with Crippen molar-refractivity contribution in [2.24, 2.45) is 0 Å². The number of aromatic nitrogens is 1. The van der Waals surface area contributed by atoms with Gasteiger partial charge in [-0.1, -0.05) is 25.2 Å². The Morgan fingerprint density at radius 2 is 1.73 bits per heavy atom. The first kappa shape index (κ1) is 22.6. The zero-order chi connectivity index (χ0) is 21.7. The predicted octanol–water partition coefficient (Wildman–Crippen LogP) is 5.18. The van der Waals surface area contributed by atoms with Crippen LogP contribution in [0.25, 0.3) is 10.2 Å². The summed E-state index contributed by atoms with van der Waals surface area (Å²) in [6, 6.07) is 7.93. The lowest BCUT2D eigenvalue weighted by Crippen LogP contribution is -2.39. The first-order chi connectivity index (χ1) is 14.4. The second kappa shape index (κ2) is 10.3. The minimum atomic E-state index is -0.746. The molecule has 9 heteroatoms. The zero-order valence-corrected chi connectivity index (χ0v) is 18.3. The van der Waals surface area contributed by atoms with Gasteiger partial charge in [-0.2, -0.15) is 0 Å². The molecule has 0 saturated heterocycles. The zero-order valence-electron chi connectivity index (χ0n) is 16.7. The molecule has 0 aliphatic rings. The maximum atomic E-state index is 14.1. The van der Waals surface area contributed by atoms with Crippen LogP contribution in [0.1, 0.15) is 13.8 Å². The maximum Gasteiger partial charge on any atom is 0.239 e. The number of thioether (sulfide) groups is 1. The van der Waals surface area contributed by atoms with E-state index in [-0.39, 0.29) is 23.0 Å². The maximum absolute atomic E-state index is 14.1. The quantitative estimate of drug-likeness (QED) is 0.418. The van der Waals surface area contributed by atoms with E-state index in [1.807, 2.05) is 13.8 Å². The lowest BCUT2D eigenvalue weighted by Gasteiger charge is -2.24. The van der Waals surface area contributed by atoms with Gasteiger partial charge in [-0.05, 0) is 43.4 Å². The fourth-order valence-electron chi connectivity index (χ4n) is 2.92. The van der Waals surface area contributed by atoms with E-state index in [2.05, 4.69) is 9.88 Å². The largest absolute Gasteiger partial charge is 0.302 e. The molecule has 0 fully saturated rings. The minimum absolute atomic E-state index is 0.0585. The van der Waals surface area contributed by atoms with Crippen LogP contribution in [0.4, 0.5) is 18.3 Å². The topological polar surface area (TPSA) is 36.4 Å². The third-order valence-electron chi connectivity index (χ3n) is 4.64. The summed E-state index contributed by atoms with van der Waals surface area (Å²) in [4.78, 5) is 21.8. The Morgan fingerprint density at radius 3 is 2.40 bits per heavy atom. The number of carbonyl (C=O) groups is 1. The molecule has 160 valence electrons. The van der Waals surface area contributed by atoms with Gasteiger partial charge >= 0.3 is 0 Å². The van der Waals surface area contributed by atoms with Crippen LogP contribution in [0.5, 0.6) is 0 Å². The van der Waals surface area contributed by atoms with Gasteiger partial charge in [-0.3, -0.25) is 9.69 Å². The number of fused-ring (bicyclic) bond motifs is 1. The number of rotatable bonds is 9. The van der Waals surface area contributed by atoms with Gasteiger partial charge in [-0.25, -0.2) is 18.2 Å². The summed E-state index contributed by atoms with van der Waals surface area (Å²) in [5.74, 6) is -1.84. The molecule has 30 heavy (non-hydrogen) atoms. The number of halogens is 3. The van der Waals surface area contributed by atoms with Crippen LogP contribution in [-0.4, -0.2) is 47.7 Å². The Hall–Kier alpha value is -2.10. The fraction of sp³-hybridized carbons (Fsp3) is 0.333. The molecule has 0 spiro atoms. The number of likely N-dealkylation sites (N-methyl/N-ethyl adjacent to an activating group) is 1. The van der Waals surface area contributed by atoms with Crippen molar-refractivity contribution < 1.29 is 18.0 Å². The highest BCUT2D eigenvalue weighted by Gasteiger charge is 2.22. The summed E-state index contributed by atoms with van der Waals surface area (Å²) < 4.78 is 41.1. The Balaban J connectivity index is 1.82. The Kier molecular flexibility index (Phi) is 7.74. The first-order valence-electron chi connectivity index (χ1n) is 9.58. The number of anilines is 1. The van der Waals surface area contributed by atoms with E-state index in [9.17, 15) is 18.0 Å². The normalized spacial score (nSPS) is 11.4. The van der Waals surface area contributed by atoms with Crippen molar-refractivity contribution in [3.63, 3.8) is 0 Å². The van der Waals surface area contributed by atoms with Gasteiger partial charge in [0.25, 0.3) is 0 Å². The highest BCUT2D eigenvalue weighted by molar-refractivity contribution is 8.00. The Morgan fingerprint density at radius 1 is 1.03 bits per heavy atom. The van der Waals surface area contributed by atoms with E-state index in [0.29, 0.717) is 22.9 Å². The number of thiazole rings is 1. The number of amides is 1. The van der Waals surface area contributed by atoms with Crippen LogP contribution in [-0.2, 0) is 4.79 Å². The third kappa shape index (κ3) is 5.53. The number of hydrogen-bond acceptors (Lipinski definition) is 5. The molecule has 1 heterocycles. The summed E-state index contributed by atoms with van der Waals surface area (Å²) in [6.07, 6.45) is 0. The van der Waals surface area contributed by atoms with Gasteiger partial charge in [-0.15, -0.1) is 11.8 Å². The van der Waals surface area contributed by atoms with Crippen molar-refractivity contribution in [3.8, 4) is 0 Å². The molecule has 3 rings (SSSR count). The molecule has 0 unspecified atom stereocenters. The van der Waals surface area contributed by atoms with Crippen molar-refractivity contribution in [2.45, 2.75) is 18.7 Å². The number of benzene rings is 2. The highest BCUT2D eigenvalue weighted by Crippen LogP contribution is 2.32. The van der Waals surface area contributed by atoms with Crippen molar-refractivity contribution in [1.82, 2.24) is 9.88 Å².